The molecule has 0 atom stereocenters. The predicted molar refractivity (Wildman–Crippen MR) is 108 cm³/mol. The van der Waals surface area contributed by atoms with Gasteiger partial charge in [-0.1, -0.05) is 24.3 Å². The molecule has 0 spiro atoms. The van der Waals surface area contributed by atoms with Gasteiger partial charge >= 0.3 is 0 Å². The highest BCUT2D eigenvalue weighted by molar-refractivity contribution is 7.92. The van der Waals surface area contributed by atoms with E-state index in [1.165, 1.54) is 4.31 Å². The highest BCUT2D eigenvalue weighted by atomic mass is 32.2. The Labute approximate surface area is 161 Å². The maximum absolute atomic E-state index is 12.1. The monoisotopic (exact) mass is 390 g/mol. The molecule has 0 unspecified atom stereocenters. The molecule has 0 heterocycles. The van der Waals surface area contributed by atoms with Crippen molar-refractivity contribution in [1.82, 2.24) is 5.32 Å². The normalized spacial score (nSPS) is 11.1. The van der Waals surface area contributed by atoms with Gasteiger partial charge in [0.2, 0.25) is 15.9 Å². The number of carbonyl (C=O) groups excluding carboxylic acids is 1. The van der Waals surface area contributed by atoms with Crippen molar-refractivity contribution >= 4 is 21.6 Å². The number of hydrogen-bond acceptors (Lipinski definition) is 4. The molecule has 0 saturated heterocycles. The second kappa shape index (κ2) is 9.41. The number of aryl methyl sites for hydroxylation is 2. The zero-order valence-corrected chi connectivity index (χ0v) is 16.8. The van der Waals surface area contributed by atoms with Crippen LogP contribution in [0.5, 0.6) is 5.75 Å². The Morgan fingerprint density at radius 3 is 2.41 bits per heavy atom. The lowest BCUT2D eigenvalue weighted by atomic mass is 10.1. The number of rotatable bonds is 9. The number of nitrogens with zero attached hydrogens (tertiary/aromatic N) is 1. The van der Waals surface area contributed by atoms with Crippen LogP contribution < -0.4 is 14.4 Å². The standard InChI is InChI=1S/C20H26N2O4S/c1-16-9-10-18(15-17(16)2)22(27(3,24)25)13-12-21-20(23)11-14-26-19-7-5-4-6-8-19/h4-10,15H,11-14H2,1-3H3,(H,21,23). The molecule has 27 heavy (non-hydrogen) atoms. The quantitative estimate of drug-likeness (QED) is 0.714. The molecule has 0 radical (unpaired) electrons. The Morgan fingerprint density at radius 1 is 1.07 bits per heavy atom. The predicted octanol–water partition coefficient (Wildman–Crippen LogP) is 2.65. The number of hydrogen-bond donors (Lipinski definition) is 1. The Bertz CT molecular complexity index is 867. The van der Waals surface area contributed by atoms with E-state index in [1.807, 2.05) is 56.3 Å². The zero-order chi connectivity index (χ0) is 19.9. The van der Waals surface area contributed by atoms with Crippen molar-refractivity contribution in [2.45, 2.75) is 20.3 Å². The summed E-state index contributed by atoms with van der Waals surface area (Å²) in [6.45, 7) is 4.58. The highest BCUT2D eigenvalue weighted by Crippen LogP contribution is 2.20. The summed E-state index contributed by atoms with van der Waals surface area (Å²) in [7, 11) is -3.44. The average Bonchev–Trinajstić information content (AvgIpc) is 2.61. The van der Waals surface area contributed by atoms with E-state index >= 15 is 0 Å². The minimum atomic E-state index is -3.44. The van der Waals surface area contributed by atoms with Crippen LogP contribution >= 0.6 is 0 Å². The molecule has 0 aromatic heterocycles. The van der Waals surface area contributed by atoms with Crippen molar-refractivity contribution in [2.75, 3.05) is 30.3 Å². The molecule has 0 bridgehead atoms. The van der Waals surface area contributed by atoms with E-state index in [4.69, 9.17) is 4.74 Å². The molecule has 0 saturated carbocycles. The molecule has 1 amide bonds. The number of nitrogens with one attached hydrogen (secondary N) is 1. The Kier molecular flexibility index (Phi) is 7.24. The summed E-state index contributed by atoms with van der Waals surface area (Å²) in [6.07, 6.45) is 1.37. The largest absolute Gasteiger partial charge is 0.493 e. The topological polar surface area (TPSA) is 75.7 Å². The first kappa shape index (κ1) is 20.8. The third-order valence-electron chi connectivity index (χ3n) is 4.16. The first-order valence-corrected chi connectivity index (χ1v) is 10.6. The van der Waals surface area contributed by atoms with Gasteiger partial charge in [0.05, 0.1) is 31.5 Å². The van der Waals surface area contributed by atoms with Crippen molar-refractivity contribution in [3.05, 3.63) is 59.7 Å². The number of carbonyl (C=O) groups is 1. The molecular weight excluding hydrogens is 364 g/mol. The van der Waals surface area contributed by atoms with Crippen molar-refractivity contribution in [1.29, 1.82) is 0 Å². The van der Waals surface area contributed by atoms with E-state index in [-0.39, 0.29) is 32.0 Å². The van der Waals surface area contributed by atoms with Gasteiger partial charge in [-0.25, -0.2) is 8.42 Å². The summed E-state index contributed by atoms with van der Waals surface area (Å²) in [6, 6.07) is 14.8. The van der Waals surface area contributed by atoms with Gasteiger partial charge in [-0.05, 0) is 49.2 Å². The Balaban J connectivity index is 1.84. The van der Waals surface area contributed by atoms with Crippen molar-refractivity contribution in [2.24, 2.45) is 0 Å². The summed E-state index contributed by atoms with van der Waals surface area (Å²) in [5.74, 6) is 0.530. The number of amides is 1. The summed E-state index contributed by atoms with van der Waals surface area (Å²) in [4.78, 5) is 11.9. The minimum absolute atomic E-state index is 0.173. The van der Waals surface area contributed by atoms with Gasteiger partial charge < -0.3 is 10.1 Å². The SMILES string of the molecule is Cc1ccc(N(CCNC(=O)CCOc2ccccc2)S(C)(=O)=O)cc1C. The van der Waals surface area contributed by atoms with Crippen LogP contribution in [-0.2, 0) is 14.8 Å². The summed E-state index contributed by atoms with van der Waals surface area (Å²) >= 11 is 0. The van der Waals surface area contributed by atoms with Crippen molar-refractivity contribution in [3.8, 4) is 5.75 Å². The molecule has 7 heteroatoms. The molecule has 1 N–H and O–H groups in total. The first-order chi connectivity index (χ1) is 12.8. The van der Waals surface area contributed by atoms with E-state index in [9.17, 15) is 13.2 Å². The molecular formula is C20H26N2O4S. The van der Waals surface area contributed by atoms with Gasteiger partial charge in [0.25, 0.3) is 0 Å². The molecule has 146 valence electrons. The van der Waals surface area contributed by atoms with Crippen LogP contribution in [0.15, 0.2) is 48.5 Å². The molecule has 0 aliphatic heterocycles. The fourth-order valence-corrected chi connectivity index (χ4v) is 3.45. The number of anilines is 1. The molecule has 2 aromatic carbocycles. The number of benzene rings is 2. The molecule has 0 aliphatic rings. The number of para-hydroxylation sites is 1. The zero-order valence-electron chi connectivity index (χ0n) is 15.9. The lowest BCUT2D eigenvalue weighted by Gasteiger charge is -2.23. The maximum Gasteiger partial charge on any atom is 0.232 e. The third-order valence-corrected chi connectivity index (χ3v) is 5.35. The molecule has 6 nitrogen and oxygen atoms in total. The summed E-state index contributed by atoms with van der Waals surface area (Å²) in [5, 5.41) is 2.74. The van der Waals surface area contributed by atoms with Gasteiger partial charge in [-0.3, -0.25) is 9.10 Å². The Hall–Kier alpha value is -2.54. The van der Waals surface area contributed by atoms with Crippen molar-refractivity contribution in [3.63, 3.8) is 0 Å². The molecule has 0 fully saturated rings. The lowest BCUT2D eigenvalue weighted by Crippen LogP contribution is -2.38. The average molecular weight is 391 g/mol. The van der Waals surface area contributed by atoms with Crippen LogP contribution in [0.3, 0.4) is 0 Å². The highest BCUT2D eigenvalue weighted by Gasteiger charge is 2.17. The van der Waals surface area contributed by atoms with E-state index in [0.717, 1.165) is 17.4 Å². The van der Waals surface area contributed by atoms with E-state index in [0.29, 0.717) is 11.4 Å². The van der Waals surface area contributed by atoms with Crippen LogP contribution in [0, 0.1) is 13.8 Å². The first-order valence-electron chi connectivity index (χ1n) is 8.77. The van der Waals surface area contributed by atoms with Crippen LogP contribution in [0.1, 0.15) is 17.5 Å². The second-order valence-electron chi connectivity index (χ2n) is 6.37. The van der Waals surface area contributed by atoms with Gasteiger partial charge in [-0.2, -0.15) is 0 Å². The van der Waals surface area contributed by atoms with Crippen LogP contribution in [0.25, 0.3) is 0 Å². The lowest BCUT2D eigenvalue weighted by molar-refractivity contribution is -0.121. The van der Waals surface area contributed by atoms with Crippen molar-refractivity contribution < 1.29 is 17.9 Å². The van der Waals surface area contributed by atoms with Crippen LogP contribution in [-0.4, -0.2) is 40.3 Å². The maximum atomic E-state index is 12.1. The number of ether oxygens (including phenoxy) is 1. The summed E-state index contributed by atoms with van der Waals surface area (Å²) in [5.41, 5.74) is 2.71. The van der Waals surface area contributed by atoms with Crippen LogP contribution in [0.2, 0.25) is 0 Å². The van der Waals surface area contributed by atoms with Gasteiger partial charge in [0.15, 0.2) is 0 Å². The van der Waals surface area contributed by atoms with E-state index in [1.54, 1.807) is 6.07 Å². The van der Waals surface area contributed by atoms with E-state index < -0.39 is 10.0 Å². The second-order valence-corrected chi connectivity index (χ2v) is 8.27. The third kappa shape index (κ3) is 6.60. The fraction of sp³-hybridized carbons (Fsp3) is 0.350. The molecule has 2 aromatic rings. The van der Waals surface area contributed by atoms with Gasteiger partial charge in [0.1, 0.15) is 5.75 Å². The number of sulfonamides is 1. The Morgan fingerprint density at radius 2 is 1.78 bits per heavy atom. The minimum Gasteiger partial charge on any atom is -0.493 e. The van der Waals surface area contributed by atoms with Crippen LogP contribution in [0.4, 0.5) is 5.69 Å². The van der Waals surface area contributed by atoms with Gasteiger partial charge in [-0.15, -0.1) is 0 Å². The summed E-state index contributed by atoms with van der Waals surface area (Å²) < 4.78 is 31.0. The fourth-order valence-electron chi connectivity index (χ4n) is 2.53. The van der Waals surface area contributed by atoms with E-state index in [2.05, 4.69) is 5.32 Å². The molecule has 2 rings (SSSR count). The van der Waals surface area contributed by atoms with Gasteiger partial charge in [0, 0.05) is 6.54 Å². The molecule has 0 aliphatic carbocycles. The smallest absolute Gasteiger partial charge is 0.232 e.